The monoisotopic (exact) mass is 337 g/mol. The number of benzene rings is 1. The van der Waals surface area contributed by atoms with Gasteiger partial charge in [-0.1, -0.05) is 30.0 Å². The molecule has 0 saturated heterocycles. The van der Waals surface area contributed by atoms with Crippen LogP contribution in [0.4, 0.5) is 5.69 Å². The lowest BCUT2D eigenvalue weighted by Gasteiger charge is -2.14. The Kier molecular flexibility index (Phi) is 5.90. The number of carbonyl (C=O) groups excluding carboxylic acids is 1. The molecule has 118 valence electrons. The van der Waals surface area contributed by atoms with Crippen molar-refractivity contribution in [3.8, 4) is 0 Å². The maximum Gasteiger partial charge on any atom is 0.277 e. The van der Waals surface area contributed by atoms with Crippen molar-refractivity contribution in [2.45, 2.75) is 37.0 Å². The molecule has 0 fully saturated rings. The van der Waals surface area contributed by atoms with Gasteiger partial charge in [-0.05, 0) is 38.2 Å². The molecule has 1 N–H and O–H groups in total. The van der Waals surface area contributed by atoms with E-state index in [1.54, 1.807) is 11.8 Å². The van der Waals surface area contributed by atoms with E-state index < -0.39 is 0 Å². The van der Waals surface area contributed by atoms with Gasteiger partial charge in [0.1, 0.15) is 0 Å². The highest BCUT2D eigenvalue weighted by Crippen LogP contribution is 2.25. The Morgan fingerprint density at radius 3 is 2.64 bits per heavy atom. The molecule has 0 spiro atoms. The summed E-state index contributed by atoms with van der Waals surface area (Å²) in [5.74, 6) is 1.18. The topological polar surface area (TPSA) is 68.0 Å². The van der Waals surface area contributed by atoms with Gasteiger partial charge in [-0.3, -0.25) is 4.79 Å². The van der Waals surface area contributed by atoms with Gasteiger partial charge >= 0.3 is 0 Å². The van der Waals surface area contributed by atoms with Gasteiger partial charge < -0.3 is 9.73 Å². The highest BCUT2D eigenvalue weighted by molar-refractivity contribution is 8.00. The summed E-state index contributed by atoms with van der Waals surface area (Å²) in [6.45, 7) is 5.78. The van der Waals surface area contributed by atoms with Gasteiger partial charge in [-0.25, -0.2) is 0 Å². The summed E-state index contributed by atoms with van der Waals surface area (Å²) < 4.78 is 5.48. The van der Waals surface area contributed by atoms with Gasteiger partial charge in [-0.2, -0.15) is 11.8 Å². The van der Waals surface area contributed by atoms with E-state index in [0.717, 1.165) is 16.8 Å². The van der Waals surface area contributed by atoms with Crippen LogP contribution in [0.1, 0.15) is 23.9 Å². The second kappa shape index (κ2) is 7.69. The lowest BCUT2D eigenvalue weighted by atomic mass is 10.1. The summed E-state index contributed by atoms with van der Waals surface area (Å²) in [7, 11) is 0. The highest BCUT2D eigenvalue weighted by atomic mass is 32.2. The van der Waals surface area contributed by atoms with Crippen LogP contribution in [0, 0.1) is 13.8 Å². The summed E-state index contributed by atoms with van der Waals surface area (Å²) in [6.07, 6.45) is 1.97. The van der Waals surface area contributed by atoms with Crippen LogP contribution in [0.25, 0.3) is 0 Å². The Bertz CT molecular complexity index is 638. The molecule has 1 amide bonds. The molecule has 0 radical (unpaired) electrons. The molecule has 1 heterocycles. The zero-order valence-corrected chi connectivity index (χ0v) is 14.7. The fourth-order valence-electron chi connectivity index (χ4n) is 1.91. The first kappa shape index (κ1) is 16.9. The lowest BCUT2D eigenvalue weighted by Crippen LogP contribution is -2.23. The largest absolute Gasteiger partial charge is 0.415 e. The molecule has 0 aliphatic rings. The number of aromatic nitrogens is 2. The predicted molar refractivity (Wildman–Crippen MR) is 91.4 cm³/mol. The third-order valence-electron chi connectivity index (χ3n) is 3.09. The minimum Gasteiger partial charge on any atom is -0.415 e. The van der Waals surface area contributed by atoms with E-state index in [1.807, 2.05) is 45.2 Å². The summed E-state index contributed by atoms with van der Waals surface area (Å²) in [4.78, 5) is 12.3. The minimum absolute atomic E-state index is 0.0768. The number of rotatable bonds is 6. The van der Waals surface area contributed by atoms with E-state index >= 15 is 0 Å². The van der Waals surface area contributed by atoms with Crippen molar-refractivity contribution in [1.29, 1.82) is 0 Å². The molecule has 0 aliphatic heterocycles. The number of thioether (sulfide) groups is 2. The molecular formula is C15H19N3O2S2. The molecule has 7 heteroatoms. The van der Waals surface area contributed by atoms with E-state index in [4.69, 9.17) is 4.42 Å². The molecular weight excluding hydrogens is 318 g/mol. The molecule has 2 rings (SSSR count). The van der Waals surface area contributed by atoms with Crippen LogP contribution in [0.15, 0.2) is 27.8 Å². The van der Waals surface area contributed by atoms with E-state index in [0.29, 0.717) is 16.9 Å². The van der Waals surface area contributed by atoms with E-state index in [9.17, 15) is 4.79 Å². The summed E-state index contributed by atoms with van der Waals surface area (Å²) in [5, 5.41) is 11.0. The van der Waals surface area contributed by atoms with Crippen LogP contribution in [-0.4, -0.2) is 27.6 Å². The second-order valence-electron chi connectivity index (χ2n) is 4.91. The number of carbonyl (C=O) groups is 1. The van der Waals surface area contributed by atoms with Gasteiger partial charge in [-0.15, -0.1) is 10.2 Å². The fourth-order valence-corrected chi connectivity index (χ4v) is 2.97. The first-order chi connectivity index (χ1) is 10.5. The maximum atomic E-state index is 12.3. The first-order valence-electron chi connectivity index (χ1n) is 6.86. The maximum absolute atomic E-state index is 12.3. The van der Waals surface area contributed by atoms with Crippen molar-refractivity contribution < 1.29 is 9.21 Å². The Hall–Kier alpha value is -1.47. The first-order valence-corrected chi connectivity index (χ1v) is 9.13. The SMILES string of the molecule is CSCc1nnc(SC(C)C(=O)Nc2c(C)cccc2C)o1. The molecule has 22 heavy (non-hydrogen) atoms. The van der Waals surface area contributed by atoms with Crippen LogP contribution in [-0.2, 0) is 10.5 Å². The van der Waals surface area contributed by atoms with Crippen molar-refractivity contribution in [2.75, 3.05) is 11.6 Å². The zero-order valence-electron chi connectivity index (χ0n) is 13.0. The molecule has 1 unspecified atom stereocenters. The molecule has 1 atom stereocenters. The number of hydrogen-bond donors (Lipinski definition) is 1. The number of hydrogen-bond acceptors (Lipinski definition) is 6. The summed E-state index contributed by atoms with van der Waals surface area (Å²) >= 11 is 2.88. The Morgan fingerprint density at radius 1 is 1.32 bits per heavy atom. The molecule has 0 saturated carbocycles. The average molecular weight is 337 g/mol. The normalized spacial score (nSPS) is 12.2. The van der Waals surface area contributed by atoms with Gasteiger partial charge in [0.15, 0.2) is 0 Å². The summed E-state index contributed by atoms with van der Waals surface area (Å²) in [6, 6.07) is 5.93. The van der Waals surface area contributed by atoms with E-state index in [-0.39, 0.29) is 11.2 Å². The number of nitrogens with one attached hydrogen (secondary N) is 1. The summed E-state index contributed by atoms with van der Waals surface area (Å²) in [5.41, 5.74) is 2.96. The van der Waals surface area contributed by atoms with E-state index in [2.05, 4.69) is 15.5 Å². The van der Waals surface area contributed by atoms with Crippen molar-refractivity contribution in [3.63, 3.8) is 0 Å². The van der Waals surface area contributed by atoms with Crippen LogP contribution in [0.2, 0.25) is 0 Å². The molecule has 0 aliphatic carbocycles. The van der Waals surface area contributed by atoms with E-state index in [1.165, 1.54) is 11.8 Å². The predicted octanol–water partition coefficient (Wildman–Crippen LogP) is 3.67. The van der Waals surface area contributed by atoms with Crippen LogP contribution in [0.5, 0.6) is 0 Å². The second-order valence-corrected chi connectivity index (χ2v) is 7.07. The zero-order chi connectivity index (χ0) is 16.1. The fraction of sp³-hybridized carbons (Fsp3) is 0.400. The van der Waals surface area contributed by atoms with Crippen LogP contribution in [0.3, 0.4) is 0 Å². The molecule has 5 nitrogen and oxygen atoms in total. The molecule has 2 aromatic rings. The van der Waals surface area contributed by atoms with Gasteiger partial charge in [0.05, 0.1) is 11.0 Å². The smallest absolute Gasteiger partial charge is 0.277 e. The number of aryl methyl sites for hydroxylation is 2. The standard InChI is InChI=1S/C15H19N3O2S2/c1-9-6-5-7-10(2)13(9)16-14(19)11(3)22-15-18-17-12(20-15)8-21-4/h5-7,11H,8H2,1-4H3,(H,16,19). The Morgan fingerprint density at radius 2 is 2.00 bits per heavy atom. The molecule has 1 aromatic heterocycles. The lowest BCUT2D eigenvalue weighted by molar-refractivity contribution is -0.115. The van der Waals surface area contributed by atoms with Crippen molar-refractivity contribution in [3.05, 3.63) is 35.2 Å². The molecule has 1 aromatic carbocycles. The van der Waals surface area contributed by atoms with Gasteiger partial charge in [0, 0.05) is 5.69 Å². The third kappa shape index (κ3) is 4.27. The Labute approximate surface area is 138 Å². The van der Waals surface area contributed by atoms with Gasteiger partial charge in [0.2, 0.25) is 11.8 Å². The number of anilines is 1. The number of nitrogens with zero attached hydrogens (tertiary/aromatic N) is 2. The highest BCUT2D eigenvalue weighted by Gasteiger charge is 2.19. The third-order valence-corrected chi connectivity index (χ3v) is 4.56. The van der Waals surface area contributed by atoms with Crippen LogP contribution < -0.4 is 5.32 Å². The van der Waals surface area contributed by atoms with Crippen molar-refractivity contribution in [2.24, 2.45) is 0 Å². The number of amides is 1. The van der Waals surface area contributed by atoms with Crippen molar-refractivity contribution >= 4 is 35.1 Å². The Balaban J connectivity index is 1.99. The van der Waals surface area contributed by atoms with Crippen molar-refractivity contribution in [1.82, 2.24) is 10.2 Å². The quantitative estimate of drug-likeness (QED) is 0.811. The molecule has 0 bridgehead atoms. The minimum atomic E-state index is -0.318. The average Bonchev–Trinajstić information content (AvgIpc) is 2.90. The number of para-hydroxylation sites is 1. The van der Waals surface area contributed by atoms with Crippen LogP contribution >= 0.6 is 23.5 Å². The van der Waals surface area contributed by atoms with Gasteiger partial charge in [0.25, 0.3) is 5.22 Å².